The van der Waals surface area contributed by atoms with Crippen LogP contribution in [0.5, 0.6) is 0 Å². The summed E-state index contributed by atoms with van der Waals surface area (Å²) in [6.45, 7) is 2.37. The summed E-state index contributed by atoms with van der Waals surface area (Å²) in [7, 11) is 0. The molecule has 3 aromatic rings. The highest BCUT2D eigenvalue weighted by atomic mass is 32.2. The number of thioether (sulfide) groups is 2. The molecule has 8 heteroatoms. The van der Waals surface area contributed by atoms with E-state index in [0.29, 0.717) is 6.54 Å². The molecule has 2 aromatic heterocycles. The molecule has 0 saturated carbocycles. The molecule has 0 spiro atoms. The number of hydrogen-bond donors (Lipinski definition) is 0. The summed E-state index contributed by atoms with van der Waals surface area (Å²) in [5, 5.41) is 8.72. The summed E-state index contributed by atoms with van der Waals surface area (Å²) in [5.41, 5.74) is 2.74. The Hall–Kier alpha value is -2.32. The lowest BCUT2D eigenvalue weighted by atomic mass is 9.96. The van der Waals surface area contributed by atoms with Gasteiger partial charge < -0.3 is 4.90 Å². The van der Waals surface area contributed by atoms with Crippen molar-refractivity contribution < 1.29 is 4.79 Å². The van der Waals surface area contributed by atoms with Crippen molar-refractivity contribution in [3.8, 4) is 0 Å². The molecular formula is C22H23N5OS2. The minimum Gasteiger partial charge on any atom is -0.338 e. The molecule has 5 rings (SSSR count). The van der Waals surface area contributed by atoms with Gasteiger partial charge in [0.15, 0.2) is 5.65 Å². The van der Waals surface area contributed by atoms with Crippen molar-refractivity contribution in [3.63, 3.8) is 0 Å². The van der Waals surface area contributed by atoms with E-state index in [9.17, 15) is 4.79 Å². The molecule has 154 valence electrons. The SMILES string of the molecule is O=C(c1ccccc1CSC1=NCCS1)N1CCCC(c2nnc3ccccn23)C1. The van der Waals surface area contributed by atoms with Crippen molar-refractivity contribution in [2.24, 2.45) is 4.99 Å². The zero-order valence-corrected chi connectivity index (χ0v) is 18.2. The third-order valence-corrected chi connectivity index (χ3v) is 7.87. The fraction of sp³-hybridized carbons (Fsp3) is 0.364. The number of carbonyl (C=O) groups excluding carboxylic acids is 1. The number of piperidine rings is 1. The molecule has 1 aromatic carbocycles. The molecule has 2 aliphatic rings. The second-order valence-corrected chi connectivity index (χ2v) is 9.83. The zero-order chi connectivity index (χ0) is 20.3. The molecule has 1 fully saturated rings. The summed E-state index contributed by atoms with van der Waals surface area (Å²) in [6, 6.07) is 13.9. The summed E-state index contributed by atoms with van der Waals surface area (Å²) in [4.78, 5) is 19.9. The van der Waals surface area contributed by atoms with E-state index in [2.05, 4.69) is 21.3 Å². The van der Waals surface area contributed by atoms with Crippen LogP contribution in [0.3, 0.4) is 0 Å². The van der Waals surface area contributed by atoms with Crippen LogP contribution >= 0.6 is 23.5 Å². The number of pyridine rings is 1. The smallest absolute Gasteiger partial charge is 0.254 e. The minimum atomic E-state index is 0.116. The van der Waals surface area contributed by atoms with Gasteiger partial charge in [0.2, 0.25) is 0 Å². The highest BCUT2D eigenvalue weighted by Gasteiger charge is 2.29. The molecule has 6 nitrogen and oxygen atoms in total. The van der Waals surface area contributed by atoms with E-state index in [-0.39, 0.29) is 11.8 Å². The number of likely N-dealkylation sites (tertiary alicyclic amines) is 1. The number of aromatic nitrogens is 3. The van der Waals surface area contributed by atoms with Gasteiger partial charge in [-0.3, -0.25) is 14.2 Å². The number of rotatable bonds is 4. The first-order valence-corrected chi connectivity index (χ1v) is 12.2. The summed E-state index contributed by atoms with van der Waals surface area (Å²) in [5.74, 6) is 3.11. The Morgan fingerprint density at radius 3 is 2.97 bits per heavy atom. The molecule has 0 N–H and O–H groups in total. The van der Waals surface area contributed by atoms with Crippen LogP contribution in [0, 0.1) is 0 Å². The second kappa shape index (κ2) is 8.81. The maximum atomic E-state index is 13.4. The Morgan fingerprint density at radius 1 is 1.17 bits per heavy atom. The number of hydrogen-bond acceptors (Lipinski definition) is 6. The Kier molecular flexibility index (Phi) is 5.77. The molecule has 1 unspecified atom stereocenters. The lowest BCUT2D eigenvalue weighted by molar-refractivity contribution is 0.0703. The van der Waals surface area contributed by atoms with Crippen molar-refractivity contribution in [3.05, 3.63) is 65.6 Å². The van der Waals surface area contributed by atoms with E-state index in [0.717, 1.165) is 64.4 Å². The molecule has 0 aliphatic carbocycles. The summed E-state index contributed by atoms with van der Waals surface area (Å²) < 4.78 is 3.18. The van der Waals surface area contributed by atoms with Gasteiger partial charge in [-0.1, -0.05) is 47.8 Å². The lowest BCUT2D eigenvalue weighted by Crippen LogP contribution is -2.40. The van der Waals surface area contributed by atoms with E-state index < -0.39 is 0 Å². The fourth-order valence-electron chi connectivity index (χ4n) is 4.08. The third-order valence-electron chi connectivity index (χ3n) is 5.57. The topological polar surface area (TPSA) is 62.9 Å². The van der Waals surface area contributed by atoms with Gasteiger partial charge in [0.25, 0.3) is 5.91 Å². The minimum absolute atomic E-state index is 0.116. The third kappa shape index (κ3) is 3.98. The molecule has 0 radical (unpaired) electrons. The van der Waals surface area contributed by atoms with Crippen LogP contribution in [-0.2, 0) is 5.75 Å². The predicted molar refractivity (Wildman–Crippen MR) is 123 cm³/mol. The predicted octanol–water partition coefficient (Wildman–Crippen LogP) is 4.09. The van der Waals surface area contributed by atoms with Gasteiger partial charge in [-0.25, -0.2) is 0 Å². The van der Waals surface area contributed by atoms with Crippen LogP contribution in [0.4, 0.5) is 0 Å². The number of amides is 1. The van der Waals surface area contributed by atoms with Crippen LogP contribution in [0.15, 0.2) is 53.7 Å². The summed E-state index contributed by atoms with van der Waals surface area (Å²) in [6.07, 6.45) is 4.00. The highest BCUT2D eigenvalue weighted by Crippen LogP contribution is 2.29. The van der Waals surface area contributed by atoms with Gasteiger partial charge in [0, 0.05) is 42.3 Å². The average Bonchev–Trinajstić information content (AvgIpc) is 3.47. The lowest BCUT2D eigenvalue weighted by Gasteiger charge is -2.32. The standard InChI is InChI=1S/C22H23N5OS2/c28-21(18-8-2-1-6-17(18)15-30-22-23-10-13-29-22)26-11-5-7-16(14-26)20-25-24-19-9-3-4-12-27(19)20/h1-4,6,8-9,12,16H,5,7,10-11,13-15H2. The van der Waals surface area contributed by atoms with E-state index in [1.807, 2.05) is 51.9 Å². The van der Waals surface area contributed by atoms with Crippen LogP contribution in [0.25, 0.3) is 5.65 Å². The molecule has 0 bridgehead atoms. The van der Waals surface area contributed by atoms with Crippen molar-refractivity contribution in [2.75, 3.05) is 25.4 Å². The Labute approximate surface area is 184 Å². The van der Waals surface area contributed by atoms with Crippen molar-refractivity contribution in [2.45, 2.75) is 24.5 Å². The van der Waals surface area contributed by atoms with Gasteiger partial charge in [0.05, 0.1) is 6.54 Å². The Bertz CT molecular complexity index is 1100. The molecular weight excluding hydrogens is 414 g/mol. The number of aliphatic imine (C=N–C) groups is 1. The van der Waals surface area contributed by atoms with Crippen molar-refractivity contribution >= 4 is 39.5 Å². The molecule has 1 atom stereocenters. The first-order valence-electron chi connectivity index (χ1n) is 10.3. The summed E-state index contributed by atoms with van der Waals surface area (Å²) >= 11 is 3.54. The molecule has 2 aliphatic heterocycles. The van der Waals surface area contributed by atoms with Crippen molar-refractivity contribution in [1.29, 1.82) is 0 Å². The van der Waals surface area contributed by atoms with Crippen molar-refractivity contribution in [1.82, 2.24) is 19.5 Å². The fourth-order valence-corrected chi connectivity index (χ4v) is 6.09. The largest absolute Gasteiger partial charge is 0.338 e. The van der Waals surface area contributed by atoms with E-state index in [1.54, 1.807) is 23.5 Å². The number of carbonyl (C=O) groups is 1. The quantitative estimate of drug-likeness (QED) is 0.615. The van der Waals surface area contributed by atoms with Crippen LogP contribution < -0.4 is 0 Å². The first kappa shape index (κ1) is 19.6. The van der Waals surface area contributed by atoms with Crippen LogP contribution in [0.2, 0.25) is 0 Å². The van der Waals surface area contributed by atoms with Gasteiger partial charge >= 0.3 is 0 Å². The van der Waals surface area contributed by atoms with E-state index in [1.165, 1.54) is 0 Å². The normalized spacial score (nSPS) is 19.3. The Balaban J connectivity index is 1.33. The van der Waals surface area contributed by atoms with E-state index >= 15 is 0 Å². The molecule has 30 heavy (non-hydrogen) atoms. The molecule has 1 amide bonds. The first-order chi connectivity index (χ1) is 14.8. The number of benzene rings is 1. The number of fused-ring (bicyclic) bond motifs is 1. The van der Waals surface area contributed by atoms with Crippen LogP contribution in [-0.4, -0.2) is 55.2 Å². The highest BCUT2D eigenvalue weighted by molar-refractivity contribution is 8.38. The zero-order valence-electron chi connectivity index (χ0n) is 16.6. The second-order valence-electron chi connectivity index (χ2n) is 7.52. The van der Waals surface area contributed by atoms with Gasteiger partial charge in [0.1, 0.15) is 10.2 Å². The van der Waals surface area contributed by atoms with Crippen LogP contribution in [0.1, 0.15) is 40.5 Å². The van der Waals surface area contributed by atoms with Gasteiger partial charge in [-0.15, -0.1) is 10.2 Å². The monoisotopic (exact) mass is 437 g/mol. The average molecular weight is 438 g/mol. The van der Waals surface area contributed by atoms with Gasteiger partial charge in [-0.2, -0.15) is 0 Å². The maximum Gasteiger partial charge on any atom is 0.254 e. The Morgan fingerprint density at radius 2 is 2.07 bits per heavy atom. The van der Waals surface area contributed by atoms with E-state index in [4.69, 9.17) is 0 Å². The molecule has 1 saturated heterocycles. The molecule has 4 heterocycles. The number of nitrogens with zero attached hydrogens (tertiary/aromatic N) is 5. The maximum absolute atomic E-state index is 13.4. The van der Waals surface area contributed by atoms with Gasteiger partial charge in [-0.05, 0) is 36.6 Å².